The first-order valence-electron chi connectivity index (χ1n) is 7.03. The summed E-state index contributed by atoms with van der Waals surface area (Å²) in [5.74, 6) is 0. The van der Waals surface area contributed by atoms with E-state index in [2.05, 4.69) is 12.2 Å². The Morgan fingerprint density at radius 2 is 1.60 bits per heavy atom. The Labute approximate surface area is 131 Å². The van der Waals surface area contributed by atoms with Gasteiger partial charge in [0.15, 0.2) is 6.29 Å². The molecule has 20 heavy (non-hydrogen) atoms. The van der Waals surface area contributed by atoms with Crippen molar-refractivity contribution in [1.82, 2.24) is 5.32 Å². The number of halogens is 2. The highest BCUT2D eigenvalue weighted by atomic mass is 35.5. The Hall–Kier alpha value is -0.320. The summed E-state index contributed by atoms with van der Waals surface area (Å²) in [5.41, 5.74) is 0.922. The van der Waals surface area contributed by atoms with Crippen molar-refractivity contribution in [3.8, 4) is 0 Å². The first kappa shape index (κ1) is 17.7. The Bertz CT molecular complexity index is 375. The van der Waals surface area contributed by atoms with Crippen molar-refractivity contribution in [2.24, 2.45) is 0 Å². The van der Waals surface area contributed by atoms with Crippen LogP contribution in [0.5, 0.6) is 0 Å². The first-order valence-corrected chi connectivity index (χ1v) is 7.79. The summed E-state index contributed by atoms with van der Waals surface area (Å²) in [4.78, 5) is 0. The highest BCUT2D eigenvalue weighted by molar-refractivity contribution is 6.36. The van der Waals surface area contributed by atoms with Gasteiger partial charge in [-0.3, -0.25) is 0 Å². The Morgan fingerprint density at radius 1 is 1.05 bits per heavy atom. The standard InChI is InChI=1S/C15H23Cl2NO2/c1-4-18-14(15(19-5-2)20-6-3)10-11-12(16)8-7-9-13(11)17/h7-9,14-15,18H,4-6,10H2,1-3H3. The van der Waals surface area contributed by atoms with Gasteiger partial charge in [0.05, 0.1) is 6.04 Å². The average molecular weight is 320 g/mol. The largest absolute Gasteiger partial charge is 0.351 e. The normalized spacial score (nSPS) is 12.9. The zero-order valence-corrected chi connectivity index (χ0v) is 13.8. The molecule has 0 aliphatic heterocycles. The molecular weight excluding hydrogens is 297 g/mol. The number of ether oxygens (including phenoxy) is 2. The molecule has 0 bridgehead atoms. The lowest BCUT2D eigenvalue weighted by atomic mass is 10.0. The quantitative estimate of drug-likeness (QED) is 0.700. The molecule has 0 spiro atoms. The second-order valence-electron chi connectivity index (χ2n) is 4.35. The van der Waals surface area contributed by atoms with Gasteiger partial charge in [0, 0.05) is 23.3 Å². The van der Waals surface area contributed by atoms with E-state index in [0.29, 0.717) is 29.7 Å². The van der Waals surface area contributed by atoms with Crippen molar-refractivity contribution in [2.45, 2.75) is 39.5 Å². The van der Waals surface area contributed by atoms with E-state index in [1.54, 1.807) is 0 Å². The van der Waals surface area contributed by atoms with Gasteiger partial charge in [-0.05, 0) is 44.5 Å². The zero-order chi connectivity index (χ0) is 15.0. The first-order chi connectivity index (χ1) is 9.63. The van der Waals surface area contributed by atoms with Crippen LogP contribution in [-0.4, -0.2) is 32.1 Å². The molecule has 1 aromatic rings. The van der Waals surface area contributed by atoms with E-state index in [1.807, 2.05) is 32.0 Å². The van der Waals surface area contributed by atoms with Crippen LogP contribution < -0.4 is 5.32 Å². The molecule has 0 radical (unpaired) electrons. The van der Waals surface area contributed by atoms with Gasteiger partial charge in [0.1, 0.15) is 0 Å². The Balaban J connectivity index is 2.89. The molecule has 0 fully saturated rings. The number of nitrogens with one attached hydrogen (secondary N) is 1. The molecule has 0 saturated heterocycles. The van der Waals surface area contributed by atoms with Crippen molar-refractivity contribution >= 4 is 23.2 Å². The Kier molecular flexibility index (Phi) is 8.50. The molecule has 1 N–H and O–H groups in total. The number of hydrogen-bond donors (Lipinski definition) is 1. The van der Waals surface area contributed by atoms with Crippen LogP contribution in [0.15, 0.2) is 18.2 Å². The van der Waals surface area contributed by atoms with Crippen molar-refractivity contribution < 1.29 is 9.47 Å². The SMILES string of the molecule is CCNC(Cc1c(Cl)cccc1Cl)C(OCC)OCC. The third-order valence-corrected chi connectivity index (χ3v) is 3.65. The molecule has 0 aliphatic rings. The number of likely N-dealkylation sites (N-methyl/N-ethyl adjacent to an activating group) is 1. The van der Waals surface area contributed by atoms with E-state index in [9.17, 15) is 0 Å². The fraction of sp³-hybridized carbons (Fsp3) is 0.600. The molecular formula is C15H23Cl2NO2. The average Bonchev–Trinajstić information content (AvgIpc) is 2.42. The van der Waals surface area contributed by atoms with Crippen LogP contribution in [0.1, 0.15) is 26.3 Å². The van der Waals surface area contributed by atoms with Gasteiger partial charge < -0.3 is 14.8 Å². The van der Waals surface area contributed by atoms with Gasteiger partial charge in [-0.1, -0.05) is 36.2 Å². The van der Waals surface area contributed by atoms with Crippen LogP contribution in [0.2, 0.25) is 10.0 Å². The second kappa shape index (κ2) is 9.59. The smallest absolute Gasteiger partial charge is 0.172 e. The lowest BCUT2D eigenvalue weighted by Gasteiger charge is -2.28. The van der Waals surface area contributed by atoms with E-state index in [-0.39, 0.29) is 12.3 Å². The van der Waals surface area contributed by atoms with E-state index in [4.69, 9.17) is 32.7 Å². The molecule has 5 heteroatoms. The lowest BCUT2D eigenvalue weighted by Crippen LogP contribution is -2.44. The lowest BCUT2D eigenvalue weighted by molar-refractivity contribution is -0.153. The molecule has 3 nitrogen and oxygen atoms in total. The molecule has 0 saturated carbocycles. The second-order valence-corrected chi connectivity index (χ2v) is 5.16. The molecule has 1 aromatic carbocycles. The minimum Gasteiger partial charge on any atom is -0.351 e. The van der Waals surface area contributed by atoms with Crippen LogP contribution in [-0.2, 0) is 15.9 Å². The molecule has 114 valence electrons. The fourth-order valence-corrected chi connectivity index (χ4v) is 2.63. The maximum atomic E-state index is 6.24. The van der Waals surface area contributed by atoms with Gasteiger partial charge >= 0.3 is 0 Å². The van der Waals surface area contributed by atoms with Crippen molar-refractivity contribution in [3.05, 3.63) is 33.8 Å². The predicted molar refractivity (Wildman–Crippen MR) is 84.7 cm³/mol. The number of rotatable bonds is 9. The van der Waals surface area contributed by atoms with E-state index < -0.39 is 0 Å². The van der Waals surface area contributed by atoms with Gasteiger partial charge in [0.2, 0.25) is 0 Å². The maximum Gasteiger partial charge on any atom is 0.172 e. The zero-order valence-electron chi connectivity index (χ0n) is 12.3. The van der Waals surface area contributed by atoms with Gasteiger partial charge in [0.25, 0.3) is 0 Å². The van der Waals surface area contributed by atoms with Gasteiger partial charge in [-0.25, -0.2) is 0 Å². The summed E-state index contributed by atoms with van der Waals surface area (Å²) in [6, 6.07) is 5.56. The molecule has 0 heterocycles. The van der Waals surface area contributed by atoms with E-state index >= 15 is 0 Å². The highest BCUT2D eigenvalue weighted by Gasteiger charge is 2.23. The summed E-state index contributed by atoms with van der Waals surface area (Å²) in [7, 11) is 0. The van der Waals surface area contributed by atoms with Crippen molar-refractivity contribution in [1.29, 1.82) is 0 Å². The minimum atomic E-state index is -0.308. The summed E-state index contributed by atoms with van der Waals surface area (Å²) in [6.45, 7) is 7.99. The third-order valence-electron chi connectivity index (χ3n) is 2.94. The van der Waals surface area contributed by atoms with Crippen LogP contribution in [0, 0.1) is 0 Å². The van der Waals surface area contributed by atoms with Crippen LogP contribution in [0.25, 0.3) is 0 Å². The highest BCUT2D eigenvalue weighted by Crippen LogP contribution is 2.26. The van der Waals surface area contributed by atoms with Crippen LogP contribution in [0.3, 0.4) is 0 Å². The maximum absolute atomic E-state index is 6.24. The summed E-state index contributed by atoms with van der Waals surface area (Å²) >= 11 is 12.5. The van der Waals surface area contributed by atoms with Crippen molar-refractivity contribution in [3.63, 3.8) is 0 Å². The molecule has 0 aromatic heterocycles. The Morgan fingerprint density at radius 3 is 2.05 bits per heavy atom. The fourth-order valence-electron chi connectivity index (χ4n) is 2.08. The molecule has 1 unspecified atom stereocenters. The molecule has 0 aliphatic carbocycles. The predicted octanol–water partition coefficient (Wildman–Crippen LogP) is 3.91. The van der Waals surface area contributed by atoms with E-state index in [0.717, 1.165) is 12.1 Å². The summed E-state index contributed by atoms with van der Waals surface area (Å²) in [5, 5.41) is 4.73. The molecule has 1 atom stereocenters. The van der Waals surface area contributed by atoms with Crippen LogP contribution >= 0.6 is 23.2 Å². The van der Waals surface area contributed by atoms with Crippen LogP contribution in [0.4, 0.5) is 0 Å². The summed E-state index contributed by atoms with van der Waals surface area (Å²) in [6.07, 6.45) is 0.356. The molecule has 1 rings (SSSR count). The van der Waals surface area contributed by atoms with Crippen molar-refractivity contribution in [2.75, 3.05) is 19.8 Å². The van der Waals surface area contributed by atoms with Gasteiger partial charge in [-0.2, -0.15) is 0 Å². The number of hydrogen-bond acceptors (Lipinski definition) is 3. The number of benzene rings is 1. The van der Waals surface area contributed by atoms with E-state index in [1.165, 1.54) is 0 Å². The molecule has 0 amide bonds. The minimum absolute atomic E-state index is 0.0114. The van der Waals surface area contributed by atoms with Gasteiger partial charge in [-0.15, -0.1) is 0 Å². The third kappa shape index (κ3) is 5.23. The summed E-state index contributed by atoms with van der Waals surface area (Å²) < 4.78 is 11.4. The topological polar surface area (TPSA) is 30.5 Å². The monoisotopic (exact) mass is 319 g/mol.